The van der Waals surface area contributed by atoms with Gasteiger partial charge in [0.05, 0.1) is 5.02 Å². The van der Waals surface area contributed by atoms with Gasteiger partial charge in [-0.2, -0.15) is 0 Å². The molecule has 0 amide bonds. The molecule has 0 aliphatic carbocycles. The van der Waals surface area contributed by atoms with Crippen LogP contribution in [0.5, 0.6) is 5.75 Å². The van der Waals surface area contributed by atoms with Crippen LogP contribution >= 0.6 is 11.6 Å². The Kier molecular flexibility index (Phi) is 4.71. The minimum atomic E-state index is -0.278. The summed E-state index contributed by atoms with van der Waals surface area (Å²) < 4.78 is 18.9. The zero-order chi connectivity index (χ0) is 13.7. The number of nitrogens with one attached hydrogen (secondary N) is 1. The molecule has 0 atom stereocenters. The number of ether oxygens (including phenoxy) is 1. The minimum Gasteiger partial charge on any atom is -0.489 e. The molecular formula is C14H14ClFN2O. The molecule has 0 radical (unpaired) electrons. The van der Waals surface area contributed by atoms with E-state index in [4.69, 9.17) is 16.3 Å². The molecule has 2 aromatic rings. The molecule has 0 saturated heterocycles. The van der Waals surface area contributed by atoms with Crippen LogP contribution in [0.15, 0.2) is 36.7 Å². The number of pyridine rings is 1. The van der Waals surface area contributed by atoms with Crippen molar-refractivity contribution in [3.8, 4) is 5.75 Å². The van der Waals surface area contributed by atoms with Crippen molar-refractivity contribution >= 4 is 11.6 Å². The molecule has 1 heterocycles. The Labute approximate surface area is 116 Å². The third kappa shape index (κ3) is 3.66. The van der Waals surface area contributed by atoms with Gasteiger partial charge in [0.1, 0.15) is 18.2 Å². The van der Waals surface area contributed by atoms with Crippen LogP contribution in [0, 0.1) is 5.82 Å². The molecule has 0 aliphatic rings. The smallest absolute Gasteiger partial charge is 0.124 e. The van der Waals surface area contributed by atoms with Gasteiger partial charge in [-0.15, -0.1) is 0 Å². The molecule has 0 saturated carbocycles. The topological polar surface area (TPSA) is 34.1 Å². The van der Waals surface area contributed by atoms with Crippen LogP contribution in [0.25, 0.3) is 0 Å². The SMILES string of the molecule is CNCc1cc(F)ccc1OCc1ccncc1Cl. The van der Waals surface area contributed by atoms with E-state index in [0.717, 1.165) is 11.1 Å². The molecule has 5 heteroatoms. The van der Waals surface area contributed by atoms with Gasteiger partial charge in [-0.05, 0) is 31.3 Å². The Balaban J connectivity index is 2.13. The Morgan fingerprint density at radius 3 is 2.89 bits per heavy atom. The van der Waals surface area contributed by atoms with Crippen LogP contribution < -0.4 is 10.1 Å². The summed E-state index contributed by atoms with van der Waals surface area (Å²) >= 11 is 6.00. The molecule has 100 valence electrons. The van der Waals surface area contributed by atoms with E-state index in [1.165, 1.54) is 12.1 Å². The fraction of sp³-hybridized carbons (Fsp3) is 0.214. The van der Waals surface area contributed by atoms with E-state index < -0.39 is 0 Å². The quantitative estimate of drug-likeness (QED) is 0.913. The molecule has 19 heavy (non-hydrogen) atoms. The van der Waals surface area contributed by atoms with Gasteiger partial charge in [0.2, 0.25) is 0 Å². The normalized spacial score (nSPS) is 10.5. The van der Waals surface area contributed by atoms with E-state index in [1.807, 2.05) is 0 Å². The lowest BCUT2D eigenvalue weighted by atomic mass is 10.2. The summed E-state index contributed by atoms with van der Waals surface area (Å²) in [5, 5.41) is 3.53. The van der Waals surface area contributed by atoms with Gasteiger partial charge in [0, 0.05) is 30.1 Å². The number of hydrogen-bond acceptors (Lipinski definition) is 3. The van der Waals surface area contributed by atoms with Crippen LogP contribution in [0.3, 0.4) is 0 Å². The van der Waals surface area contributed by atoms with Gasteiger partial charge < -0.3 is 10.1 Å². The van der Waals surface area contributed by atoms with E-state index in [-0.39, 0.29) is 5.82 Å². The highest BCUT2D eigenvalue weighted by atomic mass is 35.5. The van der Waals surface area contributed by atoms with Crippen molar-refractivity contribution in [2.75, 3.05) is 7.05 Å². The predicted octanol–water partition coefficient (Wildman–Crippen LogP) is 3.17. The zero-order valence-electron chi connectivity index (χ0n) is 10.5. The Morgan fingerprint density at radius 1 is 1.32 bits per heavy atom. The number of nitrogens with zero attached hydrogens (tertiary/aromatic N) is 1. The van der Waals surface area contributed by atoms with Crippen molar-refractivity contribution < 1.29 is 9.13 Å². The van der Waals surface area contributed by atoms with E-state index in [9.17, 15) is 4.39 Å². The number of benzene rings is 1. The van der Waals surface area contributed by atoms with Crippen LogP contribution in [0.4, 0.5) is 4.39 Å². The summed E-state index contributed by atoms with van der Waals surface area (Å²) in [5.74, 6) is 0.364. The van der Waals surface area contributed by atoms with Crippen LogP contribution in [0.1, 0.15) is 11.1 Å². The molecule has 0 aliphatic heterocycles. The average Bonchev–Trinajstić information content (AvgIpc) is 2.40. The summed E-state index contributed by atoms with van der Waals surface area (Å²) in [7, 11) is 1.80. The molecule has 0 unspecified atom stereocenters. The van der Waals surface area contributed by atoms with Crippen molar-refractivity contribution in [1.82, 2.24) is 10.3 Å². The van der Waals surface area contributed by atoms with Gasteiger partial charge >= 0.3 is 0 Å². The first-order valence-corrected chi connectivity index (χ1v) is 6.22. The maximum absolute atomic E-state index is 13.2. The second-order valence-corrected chi connectivity index (χ2v) is 4.45. The maximum atomic E-state index is 13.2. The Bertz CT molecular complexity index is 563. The Morgan fingerprint density at radius 2 is 2.16 bits per heavy atom. The lowest BCUT2D eigenvalue weighted by molar-refractivity contribution is 0.302. The molecule has 1 N–H and O–H groups in total. The second kappa shape index (κ2) is 6.50. The Hall–Kier alpha value is -1.65. The van der Waals surface area contributed by atoms with E-state index in [2.05, 4.69) is 10.3 Å². The van der Waals surface area contributed by atoms with Crippen molar-refractivity contribution in [2.45, 2.75) is 13.2 Å². The van der Waals surface area contributed by atoms with Crippen LogP contribution in [-0.4, -0.2) is 12.0 Å². The fourth-order valence-electron chi connectivity index (χ4n) is 1.69. The molecular weight excluding hydrogens is 267 g/mol. The standard InChI is InChI=1S/C14H14ClFN2O/c1-17-7-11-6-12(16)2-3-14(11)19-9-10-4-5-18-8-13(10)15/h2-6,8,17H,7,9H2,1H3. The van der Waals surface area contributed by atoms with E-state index >= 15 is 0 Å². The highest BCUT2D eigenvalue weighted by Gasteiger charge is 2.06. The molecule has 1 aromatic heterocycles. The maximum Gasteiger partial charge on any atom is 0.124 e. The molecule has 3 nitrogen and oxygen atoms in total. The molecule has 0 fully saturated rings. The first-order chi connectivity index (χ1) is 9.20. The summed E-state index contributed by atoms with van der Waals surface area (Å²) in [4.78, 5) is 3.91. The number of aromatic nitrogens is 1. The van der Waals surface area contributed by atoms with Gasteiger partial charge in [0.25, 0.3) is 0 Å². The van der Waals surface area contributed by atoms with E-state index in [0.29, 0.717) is 23.9 Å². The highest BCUT2D eigenvalue weighted by Crippen LogP contribution is 2.22. The van der Waals surface area contributed by atoms with Crippen molar-refractivity contribution in [3.05, 3.63) is 58.6 Å². The lowest BCUT2D eigenvalue weighted by Crippen LogP contribution is -2.08. The van der Waals surface area contributed by atoms with Crippen molar-refractivity contribution in [2.24, 2.45) is 0 Å². The average molecular weight is 281 g/mol. The summed E-state index contributed by atoms with van der Waals surface area (Å²) in [6, 6.07) is 6.25. The fourth-order valence-corrected chi connectivity index (χ4v) is 1.87. The molecule has 1 aromatic carbocycles. The van der Waals surface area contributed by atoms with Crippen LogP contribution in [0.2, 0.25) is 5.02 Å². The number of halogens is 2. The number of rotatable bonds is 5. The first kappa shape index (κ1) is 13.8. The minimum absolute atomic E-state index is 0.278. The predicted molar refractivity (Wildman–Crippen MR) is 72.7 cm³/mol. The van der Waals surface area contributed by atoms with Gasteiger partial charge in [0.15, 0.2) is 0 Å². The van der Waals surface area contributed by atoms with Crippen molar-refractivity contribution in [3.63, 3.8) is 0 Å². The largest absolute Gasteiger partial charge is 0.489 e. The van der Waals surface area contributed by atoms with Gasteiger partial charge in [-0.3, -0.25) is 4.98 Å². The second-order valence-electron chi connectivity index (χ2n) is 4.04. The summed E-state index contributed by atoms with van der Waals surface area (Å²) in [6.07, 6.45) is 3.23. The molecule has 0 spiro atoms. The first-order valence-electron chi connectivity index (χ1n) is 5.85. The third-order valence-corrected chi connectivity index (χ3v) is 2.97. The highest BCUT2D eigenvalue weighted by molar-refractivity contribution is 6.31. The van der Waals surface area contributed by atoms with Gasteiger partial charge in [-0.1, -0.05) is 11.6 Å². The third-order valence-electron chi connectivity index (χ3n) is 2.63. The van der Waals surface area contributed by atoms with Crippen molar-refractivity contribution in [1.29, 1.82) is 0 Å². The van der Waals surface area contributed by atoms with E-state index in [1.54, 1.807) is 31.6 Å². The zero-order valence-corrected chi connectivity index (χ0v) is 11.2. The summed E-state index contributed by atoms with van der Waals surface area (Å²) in [6.45, 7) is 0.862. The monoisotopic (exact) mass is 280 g/mol. The van der Waals surface area contributed by atoms with Gasteiger partial charge in [-0.25, -0.2) is 4.39 Å². The lowest BCUT2D eigenvalue weighted by Gasteiger charge is -2.12. The summed E-state index contributed by atoms with van der Waals surface area (Å²) in [5.41, 5.74) is 1.61. The molecule has 0 bridgehead atoms. The number of hydrogen-bond donors (Lipinski definition) is 1. The molecule has 2 rings (SSSR count). The van der Waals surface area contributed by atoms with Crippen LogP contribution in [-0.2, 0) is 13.2 Å².